The van der Waals surface area contributed by atoms with Crippen molar-refractivity contribution in [1.29, 1.82) is 0 Å². The quantitative estimate of drug-likeness (QED) is 0.641. The number of sulfone groups is 1. The summed E-state index contributed by atoms with van der Waals surface area (Å²) in [6.07, 6.45) is 6.19. The lowest BCUT2D eigenvalue weighted by molar-refractivity contribution is 0.272. The van der Waals surface area contributed by atoms with Crippen LogP contribution in [0.4, 0.5) is 0 Å². The maximum Gasteiger partial charge on any atom is 0.173 e. The second kappa shape index (κ2) is 5.95. The van der Waals surface area contributed by atoms with E-state index in [1.807, 2.05) is 6.07 Å². The maximum absolute atomic E-state index is 11.7. The van der Waals surface area contributed by atoms with Crippen LogP contribution in [0.5, 0.6) is 0 Å². The van der Waals surface area contributed by atoms with Crippen LogP contribution in [0, 0.1) is 5.92 Å². The molecule has 7 heteroatoms. The molecule has 1 aromatic heterocycles. The summed E-state index contributed by atoms with van der Waals surface area (Å²) >= 11 is 3.35. The van der Waals surface area contributed by atoms with Gasteiger partial charge >= 0.3 is 0 Å². The van der Waals surface area contributed by atoms with Crippen LogP contribution in [0.1, 0.15) is 37.3 Å². The number of hydrazine groups is 1. The molecule has 108 valence electrons. The van der Waals surface area contributed by atoms with Gasteiger partial charge in [-0.25, -0.2) is 8.42 Å². The predicted molar refractivity (Wildman–Crippen MR) is 77.1 cm³/mol. The molecule has 0 amide bonds. The highest BCUT2D eigenvalue weighted by atomic mass is 79.9. The van der Waals surface area contributed by atoms with Gasteiger partial charge in [-0.1, -0.05) is 6.42 Å². The molecule has 0 bridgehead atoms. The van der Waals surface area contributed by atoms with E-state index in [9.17, 15) is 8.42 Å². The average Bonchev–Trinajstić information content (AvgIpc) is 2.76. The van der Waals surface area contributed by atoms with Gasteiger partial charge in [0, 0.05) is 11.8 Å². The summed E-state index contributed by atoms with van der Waals surface area (Å²) in [5.74, 6) is 5.86. The molecule has 0 aliphatic heterocycles. The van der Waals surface area contributed by atoms with E-state index in [0.717, 1.165) is 24.8 Å². The van der Waals surface area contributed by atoms with Crippen LogP contribution in [-0.2, 0) is 9.84 Å². The molecule has 5 nitrogen and oxygen atoms in total. The first-order valence-electron chi connectivity index (χ1n) is 6.31. The summed E-state index contributed by atoms with van der Waals surface area (Å²) in [4.78, 5) is 0. The Bertz CT molecular complexity index is 529. The van der Waals surface area contributed by atoms with Gasteiger partial charge in [-0.2, -0.15) is 0 Å². The second-order valence-corrected chi connectivity index (χ2v) is 8.22. The van der Waals surface area contributed by atoms with Gasteiger partial charge in [-0.3, -0.25) is 11.3 Å². The van der Waals surface area contributed by atoms with E-state index < -0.39 is 9.84 Å². The van der Waals surface area contributed by atoms with E-state index in [4.69, 9.17) is 10.3 Å². The second-order valence-electron chi connectivity index (χ2n) is 5.17. The molecular formula is C12H19BrN2O3S. The van der Waals surface area contributed by atoms with Crippen molar-refractivity contribution in [2.45, 2.75) is 37.0 Å². The number of nitrogens with two attached hydrogens (primary N) is 1. The molecule has 3 N–H and O–H groups in total. The first kappa shape index (κ1) is 15.0. The summed E-state index contributed by atoms with van der Waals surface area (Å²) in [5.41, 5.74) is 3.75. The van der Waals surface area contributed by atoms with E-state index in [1.165, 1.54) is 6.26 Å². The van der Waals surface area contributed by atoms with Crippen molar-refractivity contribution >= 4 is 25.8 Å². The molecule has 2 rings (SSSR count). The Balaban J connectivity index is 2.18. The molecule has 1 aliphatic rings. The fourth-order valence-corrected chi connectivity index (χ4v) is 4.56. The summed E-state index contributed by atoms with van der Waals surface area (Å²) in [6.45, 7) is 0. The monoisotopic (exact) mass is 350 g/mol. The first-order valence-corrected chi connectivity index (χ1v) is 9.06. The third-order valence-electron chi connectivity index (χ3n) is 3.90. The smallest absolute Gasteiger partial charge is 0.173 e. The number of halogens is 1. The molecule has 0 spiro atoms. The molecule has 1 fully saturated rings. The van der Waals surface area contributed by atoms with Crippen molar-refractivity contribution in [3.05, 3.63) is 22.6 Å². The largest absolute Gasteiger partial charge is 0.457 e. The standard InChI is InChI=1S/C12H19BrN2O3S/c1-19(16,17)9-4-2-3-8(7-9)11(15-14)10-5-6-18-12(10)13/h5-6,8-9,11,15H,2-4,7,14H2,1H3. The van der Waals surface area contributed by atoms with E-state index in [2.05, 4.69) is 21.4 Å². The Morgan fingerprint density at radius 1 is 1.53 bits per heavy atom. The molecule has 19 heavy (non-hydrogen) atoms. The van der Waals surface area contributed by atoms with Gasteiger partial charge in [0.05, 0.1) is 17.6 Å². The van der Waals surface area contributed by atoms with Gasteiger partial charge in [0.1, 0.15) is 9.84 Å². The van der Waals surface area contributed by atoms with Crippen LogP contribution in [-0.4, -0.2) is 19.9 Å². The Morgan fingerprint density at radius 2 is 2.26 bits per heavy atom. The molecule has 1 aromatic rings. The fraction of sp³-hybridized carbons (Fsp3) is 0.667. The number of nitrogens with one attached hydrogen (secondary N) is 1. The normalized spacial score (nSPS) is 26.3. The van der Waals surface area contributed by atoms with E-state index in [0.29, 0.717) is 11.1 Å². The van der Waals surface area contributed by atoms with Gasteiger partial charge in [0.2, 0.25) is 0 Å². The lowest BCUT2D eigenvalue weighted by Crippen LogP contribution is -2.38. The zero-order valence-corrected chi connectivity index (χ0v) is 13.2. The summed E-state index contributed by atoms with van der Waals surface area (Å²) in [6, 6.07) is 1.77. The number of furan rings is 1. The Labute approximate surface area is 121 Å². The van der Waals surface area contributed by atoms with E-state index >= 15 is 0 Å². The zero-order chi connectivity index (χ0) is 14.0. The fourth-order valence-electron chi connectivity index (χ4n) is 2.88. The molecule has 0 aromatic carbocycles. The summed E-state index contributed by atoms with van der Waals surface area (Å²) in [7, 11) is -2.98. The van der Waals surface area contributed by atoms with E-state index in [1.54, 1.807) is 6.26 Å². The SMILES string of the molecule is CS(=O)(=O)C1CCCC(C(NN)c2ccoc2Br)C1. The topological polar surface area (TPSA) is 85.3 Å². The van der Waals surface area contributed by atoms with Gasteiger partial charge in [-0.05, 0) is 47.2 Å². The van der Waals surface area contributed by atoms with Crippen LogP contribution >= 0.6 is 15.9 Å². The average molecular weight is 351 g/mol. The molecule has 3 unspecified atom stereocenters. The van der Waals surface area contributed by atoms with Crippen LogP contribution in [0.2, 0.25) is 0 Å². The van der Waals surface area contributed by atoms with Gasteiger partial charge < -0.3 is 4.42 Å². The minimum Gasteiger partial charge on any atom is -0.457 e. The number of hydrogen-bond donors (Lipinski definition) is 2. The molecule has 3 atom stereocenters. The predicted octanol–water partition coefficient (Wildman–Crippen LogP) is 2.15. The van der Waals surface area contributed by atoms with Gasteiger partial charge in [0.25, 0.3) is 0 Å². The molecular weight excluding hydrogens is 332 g/mol. The van der Waals surface area contributed by atoms with Gasteiger partial charge in [-0.15, -0.1) is 0 Å². The van der Waals surface area contributed by atoms with Crippen molar-refractivity contribution in [2.75, 3.05) is 6.26 Å². The van der Waals surface area contributed by atoms with Crippen molar-refractivity contribution in [2.24, 2.45) is 11.8 Å². The highest BCUT2D eigenvalue weighted by molar-refractivity contribution is 9.10. The van der Waals surface area contributed by atoms with Gasteiger partial charge in [0.15, 0.2) is 4.67 Å². The van der Waals surface area contributed by atoms with Crippen molar-refractivity contribution < 1.29 is 12.8 Å². The molecule has 0 radical (unpaired) electrons. The summed E-state index contributed by atoms with van der Waals surface area (Å²) < 4.78 is 29.3. The highest BCUT2D eigenvalue weighted by Crippen LogP contribution is 2.38. The van der Waals surface area contributed by atoms with Crippen LogP contribution in [0.15, 0.2) is 21.4 Å². The zero-order valence-electron chi connectivity index (χ0n) is 10.8. The first-order chi connectivity index (χ1) is 8.93. The van der Waals surface area contributed by atoms with Crippen molar-refractivity contribution in [3.63, 3.8) is 0 Å². The molecule has 0 saturated heterocycles. The maximum atomic E-state index is 11.7. The molecule has 1 saturated carbocycles. The molecule has 1 aliphatic carbocycles. The number of rotatable bonds is 4. The Hall–Kier alpha value is -0.370. The lowest BCUT2D eigenvalue weighted by atomic mass is 9.82. The Morgan fingerprint density at radius 3 is 2.79 bits per heavy atom. The summed E-state index contributed by atoms with van der Waals surface area (Å²) in [5, 5.41) is -0.257. The van der Waals surface area contributed by atoms with Crippen molar-refractivity contribution in [3.8, 4) is 0 Å². The number of hydrogen-bond acceptors (Lipinski definition) is 5. The minimum atomic E-state index is -2.98. The highest BCUT2D eigenvalue weighted by Gasteiger charge is 2.34. The van der Waals surface area contributed by atoms with E-state index in [-0.39, 0.29) is 17.2 Å². The minimum absolute atomic E-state index is 0.0855. The third kappa shape index (κ3) is 3.39. The van der Waals surface area contributed by atoms with Crippen LogP contribution in [0.25, 0.3) is 0 Å². The third-order valence-corrected chi connectivity index (χ3v) is 6.19. The lowest BCUT2D eigenvalue weighted by Gasteiger charge is -2.33. The Kier molecular flexibility index (Phi) is 4.70. The van der Waals surface area contributed by atoms with Crippen LogP contribution < -0.4 is 11.3 Å². The van der Waals surface area contributed by atoms with Crippen LogP contribution in [0.3, 0.4) is 0 Å². The van der Waals surface area contributed by atoms with Crippen molar-refractivity contribution in [1.82, 2.24) is 5.43 Å². The molecule has 1 heterocycles.